The molecule has 0 saturated heterocycles. The summed E-state index contributed by atoms with van der Waals surface area (Å²) in [5, 5.41) is 3.17. The van der Waals surface area contributed by atoms with Crippen LogP contribution in [0.25, 0.3) is 0 Å². The van der Waals surface area contributed by atoms with Crippen molar-refractivity contribution in [1.29, 1.82) is 0 Å². The Labute approximate surface area is 78.5 Å². The zero-order chi connectivity index (χ0) is 9.23. The SMILES string of the molecule is CSCCCCNCCC(N)=O. The summed E-state index contributed by atoms with van der Waals surface area (Å²) in [6, 6.07) is 0. The number of thioether (sulfide) groups is 1. The minimum atomic E-state index is -0.230. The molecule has 0 saturated carbocycles. The maximum absolute atomic E-state index is 10.3. The summed E-state index contributed by atoms with van der Waals surface area (Å²) in [4.78, 5) is 10.3. The van der Waals surface area contributed by atoms with E-state index in [2.05, 4.69) is 11.6 Å². The molecule has 0 aliphatic carbocycles. The molecule has 0 aliphatic heterocycles. The molecule has 12 heavy (non-hydrogen) atoms. The van der Waals surface area contributed by atoms with E-state index in [4.69, 9.17) is 5.73 Å². The Bertz CT molecular complexity index is 120. The van der Waals surface area contributed by atoms with Crippen molar-refractivity contribution < 1.29 is 4.79 Å². The second-order valence-electron chi connectivity index (χ2n) is 2.67. The Kier molecular flexibility index (Phi) is 8.71. The number of unbranched alkanes of at least 4 members (excludes halogenated alkanes) is 1. The zero-order valence-corrected chi connectivity index (χ0v) is 8.45. The lowest BCUT2D eigenvalue weighted by Crippen LogP contribution is -2.22. The summed E-state index contributed by atoms with van der Waals surface area (Å²) in [7, 11) is 0. The van der Waals surface area contributed by atoms with E-state index in [1.54, 1.807) is 0 Å². The van der Waals surface area contributed by atoms with Gasteiger partial charge in [-0.3, -0.25) is 4.79 Å². The number of hydrogen-bond donors (Lipinski definition) is 2. The maximum Gasteiger partial charge on any atom is 0.218 e. The van der Waals surface area contributed by atoms with Crippen LogP contribution in [0, 0.1) is 0 Å². The normalized spacial score (nSPS) is 10.1. The van der Waals surface area contributed by atoms with E-state index >= 15 is 0 Å². The molecule has 4 heteroatoms. The first kappa shape index (κ1) is 11.8. The number of carbonyl (C=O) groups excluding carboxylic acids is 1. The molecule has 3 nitrogen and oxygen atoms in total. The summed E-state index contributed by atoms with van der Waals surface area (Å²) in [5.74, 6) is 0.990. The summed E-state index contributed by atoms with van der Waals surface area (Å²) in [5.41, 5.74) is 4.97. The first-order valence-electron chi connectivity index (χ1n) is 4.25. The van der Waals surface area contributed by atoms with Gasteiger partial charge in [0, 0.05) is 13.0 Å². The Morgan fingerprint density at radius 2 is 2.17 bits per heavy atom. The number of hydrogen-bond acceptors (Lipinski definition) is 3. The number of carbonyl (C=O) groups is 1. The van der Waals surface area contributed by atoms with Gasteiger partial charge in [0.1, 0.15) is 0 Å². The minimum Gasteiger partial charge on any atom is -0.370 e. The Balaban J connectivity index is 2.86. The van der Waals surface area contributed by atoms with Crippen LogP contribution in [0.2, 0.25) is 0 Å². The molecule has 0 aromatic carbocycles. The number of rotatable bonds is 8. The highest BCUT2D eigenvalue weighted by molar-refractivity contribution is 7.98. The molecule has 0 bridgehead atoms. The van der Waals surface area contributed by atoms with Crippen molar-refractivity contribution in [3.05, 3.63) is 0 Å². The molecule has 1 amide bonds. The predicted molar refractivity (Wildman–Crippen MR) is 54.3 cm³/mol. The number of nitrogens with two attached hydrogens (primary N) is 1. The molecule has 0 atom stereocenters. The van der Waals surface area contributed by atoms with Crippen LogP contribution in [0.1, 0.15) is 19.3 Å². The number of primary amides is 1. The number of nitrogens with one attached hydrogen (secondary N) is 1. The van der Waals surface area contributed by atoms with E-state index in [1.165, 1.54) is 18.6 Å². The van der Waals surface area contributed by atoms with Crippen LogP contribution in [-0.2, 0) is 4.79 Å². The molecule has 0 rings (SSSR count). The van der Waals surface area contributed by atoms with Gasteiger partial charge in [0.2, 0.25) is 5.91 Å². The smallest absolute Gasteiger partial charge is 0.218 e. The van der Waals surface area contributed by atoms with Crippen molar-refractivity contribution in [3.8, 4) is 0 Å². The average Bonchev–Trinajstić information content (AvgIpc) is 2.02. The van der Waals surface area contributed by atoms with E-state index in [0.29, 0.717) is 13.0 Å². The van der Waals surface area contributed by atoms with Crippen LogP contribution in [0.15, 0.2) is 0 Å². The fourth-order valence-electron chi connectivity index (χ4n) is 0.833. The molecule has 0 aromatic heterocycles. The average molecular weight is 190 g/mol. The molecule has 0 fully saturated rings. The van der Waals surface area contributed by atoms with Crippen LogP contribution < -0.4 is 11.1 Å². The second-order valence-corrected chi connectivity index (χ2v) is 3.65. The minimum absolute atomic E-state index is 0.230. The Morgan fingerprint density at radius 3 is 2.75 bits per heavy atom. The molecule has 0 radical (unpaired) electrons. The molecular formula is C8H18N2OS. The Hall–Kier alpha value is -0.220. The molecule has 0 heterocycles. The van der Waals surface area contributed by atoms with E-state index in [1.807, 2.05) is 11.8 Å². The van der Waals surface area contributed by atoms with Crippen LogP contribution in [0.3, 0.4) is 0 Å². The largest absolute Gasteiger partial charge is 0.370 e. The van der Waals surface area contributed by atoms with Crippen molar-refractivity contribution in [2.24, 2.45) is 5.73 Å². The van der Waals surface area contributed by atoms with Gasteiger partial charge in [-0.25, -0.2) is 0 Å². The van der Waals surface area contributed by atoms with Crippen LogP contribution in [0.5, 0.6) is 0 Å². The summed E-state index contributed by atoms with van der Waals surface area (Å²) >= 11 is 1.87. The monoisotopic (exact) mass is 190 g/mol. The lowest BCUT2D eigenvalue weighted by Gasteiger charge is -2.01. The van der Waals surface area contributed by atoms with Crippen LogP contribution >= 0.6 is 11.8 Å². The fourth-order valence-corrected chi connectivity index (χ4v) is 1.33. The van der Waals surface area contributed by atoms with Crippen LogP contribution in [-0.4, -0.2) is 31.0 Å². The van der Waals surface area contributed by atoms with Gasteiger partial charge in [0.05, 0.1) is 0 Å². The van der Waals surface area contributed by atoms with Crippen LogP contribution in [0.4, 0.5) is 0 Å². The summed E-state index contributed by atoms with van der Waals surface area (Å²) in [6.45, 7) is 1.71. The molecule has 0 spiro atoms. The lowest BCUT2D eigenvalue weighted by molar-refractivity contribution is -0.117. The second kappa shape index (κ2) is 8.87. The standard InChI is InChI=1S/C8H18N2OS/c1-12-7-3-2-5-10-6-4-8(9)11/h10H,2-7H2,1H3,(H2,9,11). The topological polar surface area (TPSA) is 55.1 Å². The van der Waals surface area contributed by atoms with Gasteiger partial charge in [-0.2, -0.15) is 11.8 Å². The van der Waals surface area contributed by atoms with E-state index < -0.39 is 0 Å². The van der Waals surface area contributed by atoms with Crippen molar-refractivity contribution in [2.45, 2.75) is 19.3 Å². The van der Waals surface area contributed by atoms with Gasteiger partial charge < -0.3 is 11.1 Å². The highest BCUT2D eigenvalue weighted by atomic mass is 32.2. The van der Waals surface area contributed by atoms with Gasteiger partial charge in [0.15, 0.2) is 0 Å². The molecule has 3 N–H and O–H groups in total. The third kappa shape index (κ3) is 9.78. The highest BCUT2D eigenvalue weighted by Gasteiger charge is 1.92. The van der Waals surface area contributed by atoms with E-state index in [0.717, 1.165) is 6.54 Å². The molecule has 72 valence electrons. The molecule has 0 aromatic rings. The quantitative estimate of drug-likeness (QED) is 0.551. The van der Waals surface area contributed by atoms with Gasteiger partial charge in [-0.05, 0) is 31.4 Å². The van der Waals surface area contributed by atoms with Crippen molar-refractivity contribution in [3.63, 3.8) is 0 Å². The van der Waals surface area contributed by atoms with E-state index in [-0.39, 0.29) is 5.91 Å². The summed E-state index contributed by atoms with van der Waals surface area (Å²) in [6.07, 6.45) is 4.98. The zero-order valence-electron chi connectivity index (χ0n) is 7.64. The van der Waals surface area contributed by atoms with E-state index in [9.17, 15) is 4.79 Å². The first-order chi connectivity index (χ1) is 5.77. The van der Waals surface area contributed by atoms with Gasteiger partial charge in [0.25, 0.3) is 0 Å². The Morgan fingerprint density at radius 1 is 1.42 bits per heavy atom. The van der Waals surface area contributed by atoms with Gasteiger partial charge >= 0.3 is 0 Å². The maximum atomic E-state index is 10.3. The van der Waals surface area contributed by atoms with Gasteiger partial charge in [-0.15, -0.1) is 0 Å². The lowest BCUT2D eigenvalue weighted by atomic mass is 10.3. The van der Waals surface area contributed by atoms with Crippen molar-refractivity contribution in [2.75, 3.05) is 25.1 Å². The molecule has 0 aliphatic rings. The summed E-state index contributed by atoms with van der Waals surface area (Å²) < 4.78 is 0. The third-order valence-corrected chi connectivity index (χ3v) is 2.20. The highest BCUT2D eigenvalue weighted by Crippen LogP contribution is 1.97. The molecule has 0 unspecified atom stereocenters. The predicted octanol–water partition coefficient (Wildman–Crippen LogP) is 0.595. The fraction of sp³-hybridized carbons (Fsp3) is 0.875. The first-order valence-corrected chi connectivity index (χ1v) is 5.64. The number of amides is 1. The third-order valence-electron chi connectivity index (χ3n) is 1.50. The van der Waals surface area contributed by atoms with Crippen molar-refractivity contribution >= 4 is 17.7 Å². The molecular weight excluding hydrogens is 172 g/mol. The van der Waals surface area contributed by atoms with Gasteiger partial charge in [-0.1, -0.05) is 0 Å². The van der Waals surface area contributed by atoms with Crippen molar-refractivity contribution in [1.82, 2.24) is 5.32 Å².